The summed E-state index contributed by atoms with van der Waals surface area (Å²) >= 11 is 0. The Morgan fingerprint density at radius 2 is 0.873 bits per heavy atom. The summed E-state index contributed by atoms with van der Waals surface area (Å²) < 4.78 is 12.3. The van der Waals surface area contributed by atoms with Crippen LogP contribution in [-0.4, -0.2) is 8.80 Å². The third kappa shape index (κ3) is 5.91. The lowest BCUT2D eigenvalue weighted by atomic mass is 9.84. The molecular formula is C67H57N3O. The van der Waals surface area contributed by atoms with E-state index in [0.717, 1.165) is 50.1 Å². The van der Waals surface area contributed by atoms with Gasteiger partial charge in [0.25, 0.3) is 0 Å². The van der Waals surface area contributed by atoms with E-state index in [1.54, 1.807) is 0 Å². The van der Waals surface area contributed by atoms with Gasteiger partial charge in [0.05, 0.1) is 38.8 Å². The van der Waals surface area contributed by atoms with Crippen LogP contribution in [0.4, 0.5) is 17.1 Å². The van der Waals surface area contributed by atoms with Gasteiger partial charge in [-0.1, -0.05) is 153 Å². The summed E-state index contributed by atoms with van der Waals surface area (Å²) in [7, 11) is 0. The van der Waals surface area contributed by atoms with E-state index in [9.17, 15) is 0 Å². The van der Waals surface area contributed by atoms with Crippen LogP contribution in [0.5, 0.6) is 0 Å². The molecule has 0 aliphatic rings. The van der Waals surface area contributed by atoms with Gasteiger partial charge in [0.2, 0.25) is 0 Å². The quantitative estimate of drug-likeness (QED) is 0.176. The Labute approximate surface area is 414 Å². The summed E-state index contributed by atoms with van der Waals surface area (Å²) in [6.45, 7) is 23.2. The molecule has 5 aromatic heterocycles. The van der Waals surface area contributed by atoms with Gasteiger partial charge >= 0.3 is 0 Å². The van der Waals surface area contributed by atoms with E-state index >= 15 is 0 Å². The van der Waals surface area contributed by atoms with Crippen LogP contribution in [-0.2, 0) is 16.2 Å². The third-order valence-electron chi connectivity index (χ3n) is 15.9. The fourth-order valence-corrected chi connectivity index (χ4v) is 12.1. The van der Waals surface area contributed by atoms with Gasteiger partial charge in [-0.15, -0.1) is 0 Å². The second kappa shape index (κ2) is 14.2. The molecule has 5 heterocycles. The average Bonchev–Trinajstić information content (AvgIpc) is 4.15. The van der Waals surface area contributed by atoms with Crippen molar-refractivity contribution in [3.63, 3.8) is 0 Å². The normalized spacial score (nSPS) is 13.2. The summed E-state index contributed by atoms with van der Waals surface area (Å²) in [6.07, 6.45) is 0. The van der Waals surface area contributed by atoms with E-state index in [1.165, 1.54) is 98.4 Å². The van der Waals surface area contributed by atoms with Crippen LogP contribution in [0.3, 0.4) is 0 Å². The number of rotatable bonds is 4. The molecule has 9 aromatic carbocycles. The molecule has 0 saturated heterocycles. The minimum Gasteiger partial charge on any atom is -0.453 e. The maximum Gasteiger partial charge on any atom is 0.159 e. The minimum atomic E-state index is -0.0566. The number of fused-ring (bicyclic) bond motifs is 15. The maximum atomic E-state index is 7.13. The number of hydrogen-bond donors (Lipinski definition) is 0. The van der Waals surface area contributed by atoms with Crippen molar-refractivity contribution >= 4 is 115 Å². The number of furan rings is 1. The fourth-order valence-electron chi connectivity index (χ4n) is 12.1. The van der Waals surface area contributed by atoms with Crippen molar-refractivity contribution < 1.29 is 4.42 Å². The predicted molar refractivity (Wildman–Crippen MR) is 304 cm³/mol. The third-order valence-corrected chi connectivity index (χ3v) is 15.9. The van der Waals surface area contributed by atoms with Crippen LogP contribution in [0.15, 0.2) is 168 Å². The van der Waals surface area contributed by atoms with Crippen molar-refractivity contribution in [2.45, 2.75) is 85.5 Å². The van der Waals surface area contributed by atoms with E-state index in [4.69, 9.17) is 4.42 Å². The number of aromatic nitrogens is 2. The lowest BCUT2D eigenvalue weighted by molar-refractivity contribution is 0.590. The highest BCUT2D eigenvalue weighted by Gasteiger charge is 2.29. The van der Waals surface area contributed by atoms with Crippen LogP contribution in [0.25, 0.3) is 109 Å². The van der Waals surface area contributed by atoms with E-state index in [1.807, 2.05) is 0 Å². The molecule has 0 bridgehead atoms. The number of aryl methyl sites for hydroxylation is 1. The van der Waals surface area contributed by atoms with Crippen molar-refractivity contribution in [3.05, 3.63) is 186 Å². The lowest BCUT2D eigenvalue weighted by Crippen LogP contribution is -2.11. The Morgan fingerprint density at radius 3 is 1.49 bits per heavy atom. The second-order valence-corrected chi connectivity index (χ2v) is 23.5. The predicted octanol–water partition coefficient (Wildman–Crippen LogP) is 19.2. The van der Waals surface area contributed by atoms with Gasteiger partial charge in [-0.3, -0.25) is 0 Å². The van der Waals surface area contributed by atoms with Gasteiger partial charge in [0, 0.05) is 70.8 Å². The summed E-state index contributed by atoms with van der Waals surface area (Å²) in [5, 5.41) is 12.6. The van der Waals surface area contributed by atoms with Crippen molar-refractivity contribution in [2.75, 3.05) is 4.90 Å². The zero-order valence-corrected chi connectivity index (χ0v) is 42.3. The number of nitrogens with zero attached hydrogens (tertiary/aromatic N) is 3. The van der Waals surface area contributed by atoms with Crippen LogP contribution in [0, 0.1) is 6.92 Å². The SMILES string of the molecule is Cc1ccccc1N(c1ccc2c3cc(C(C)(C)C)cc4c5cc6c(cc5n(c2c1)c34)c1cc(C(C)(C)C)cc2c3cc(C(C)(C)C)ccc3n6c21)c1cccc2c1oc1c(-c3ccccc3)cccc12. The van der Waals surface area contributed by atoms with Gasteiger partial charge in [0.1, 0.15) is 5.58 Å². The number of hydrogen-bond acceptors (Lipinski definition) is 2. The van der Waals surface area contributed by atoms with Crippen LogP contribution >= 0.6 is 0 Å². The van der Waals surface area contributed by atoms with Gasteiger partial charge in [0.15, 0.2) is 5.58 Å². The van der Waals surface area contributed by atoms with Gasteiger partial charge in [-0.05, 0) is 124 Å². The first-order chi connectivity index (χ1) is 34.0. The first-order valence-corrected chi connectivity index (χ1v) is 25.3. The molecule has 0 saturated carbocycles. The van der Waals surface area contributed by atoms with Gasteiger partial charge < -0.3 is 18.1 Å². The molecule has 0 amide bonds. The van der Waals surface area contributed by atoms with Crippen molar-refractivity contribution in [1.82, 2.24) is 8.80 Å². The molecule has 346 valence electrons. The molecule has 14 aromatic rings. The van der Waals surface area contributed by atoms with E-state index in [-0.39, 0.29) is 16.2 Å². The van der Waals surface area contributed by atoms with E-state index < -0.39 is 0 Å². The highest BCUT2D eigenvalue weighted by atomic mass is 16.3. The summed E-state index contributed by atoms with van der Waals surface area (Å²) in [5.41, 5.74) is 19.9. The first kappa shape index (κ1) is 42.1. The van der Waals surface area contributed by atoms with Crippen LogP contribution in [0.2, 0.25) is 0 Å². The zero-order chi connectivity index (χ0) is 48.6. The summed E-state index contributed by atoms with van der Waals surface area (Å²) in [4.78, 5) is 2.42. The average molecular weight is 920 g/mol. The van der Waals surface area contributed by atoms with Crippen LogP contribution < -0.4 is 4.90 Å². The summed E-state index contributed by atoms with van der Waals surface area (Å²) in [5.74, 6) is 0. The molecule has 71 heavy (non-hydrogen) atoms. The largest absolute Gasteiger partial charge is 0.453 e. The summed E-state index contributed by atoms with van der Waals surface area (Å²) in [6, 6.07) is 61.7. The number of para-hydroxylation sites is 3. The molecule has 4 nitrogen and oxygen atoms in total. The molecule has 0 spiro atoms. The van der Waals surface area contributed by atoms with Crippen molar-refractivity contribution in [2.24, 2.45) is 0 Å². The second-order valence-electron chi connectivity index (χ2n) is 23.5. The molecule has 0 aliphatic carbocycles. The molecule has 0 atom stereocenters. The molecule has 0 N–H and O–H groups in total. The standard InChI is InChI=1S/C67H57N3O/c1-38-18-14-15-24-55(38)68(57-25-17-23-47-46-22-16-21-44(63(46)71-64(47)57)39-19-12-11-13-20-39)43-27-28-45-51-31-41(66(5,6)7)33-53-50-36-59-49(37-60(50)70(61(51)53)58(45)35-43)54-34-42(67(8,9)10)32-52-48-30-40(65(2,3)4)26-29-56(48)69(59)62(52)54/h11-37H,1-10H3. The molecule has 4 heteroatoms. The Hall–Kier alpha value is -7.82. The van der Waals surface area contributed by atoms with Crippen molar-refractivity contribution in [3.8, 4) is 11.1 Å². The van der Waals surface area contributed by atoms with E-state index in [0.29, 0.717) is 0 Å². The Kier molecular flexibility index (Phi) is 8.40. The van der Waals surface area contributed by atoms with Gasteiger partial charge in [-0.2, -0.15) is 0 Å². The highest BCUT2D eigenvalue weighted by Crippen LogP contribution is 2.50. The topological polar surface area (TPSA) is 25.2 Å². The fraction of sp³-hybridized carbons (Fsp3) is 0.194. The number of anilines is 3. The maximum absolute atomic E-state index is 7.13. The lowest BCUT2D eigenvalue weighted by Gasteiger charge is -2.27. The van der Waals surface area contributed by atoms with E-state index in [2.05, 4.69) is 247 Å². The molecule has 0 fully saturated rings. The van der Waals surface area contributed by atoms with Crippen LogP contribution in [0.1, 0.15) is 84.6 Å². The van der Waals surface area contributed by atoms with Crippen molar-refractivity contribution in [1.29, 1.82) is 0 Å². The Morgan fingerprint density at radius 1 is 0.366 bits per heavy atom. The monoisotopic (exact) mass is 919 g/mol. The molecule has 0 unspecified atom stereocenters. The van der Waals surface area contributed by atoms with Gasteiger partial charge in [-0.25, -0.2) is 0 Å². The molecule has 0 aliphatic heterocycles. The highest BCUT2D eigenvalue weighted by molar-refractivity contribution is 6.29. The first-order valence-electron chi connectivity index (χ1n) is 25.3. The Balaban J connectivity index is 1.08. The number of benzene rings is 9. The molecule has 0 radical (unpaired) electrons. The minimum absolute atomic E-state index is 0.0289. The smallest absolute Gasteiger partial charge is 0.159 e. The molecule has 14 rings (SSSR count). The zero-order valence-electron chi connectivity index (χ0n) is 42.3. The Bertz CT molecular complexity index is 4520. The molecular weight excluding hydrogens is 863 g/mol.